The minimum Gasteiger partial charge on any atom is -0.493 e. The van der Waals surface area contributed by atoms with Crippen LogP contribution in [0.5, 0.6) is 11.5 Å². The molecule has 25 heavy (non-hydrogen) atoms. The number of rotatable bonds is 7. The number of ether oxygens (including phenoxy) is 3. The quantitative estimate of drug-likeness (QED) is 0.425. The van der Waals surface area contributed by atoms with Crippen molar-refractivity contribution in [3.05, 3.63) is 64.7 Å². The molecule has 5 heteroatoms. The third-order valence-corrected chi connectivity index (χ3v) is 3.46. The smallest absolute Gasteiger partial charge is 0.331 e. The number of benzene rings is 2. The minimum atomic E-state index is -0.500. The first kappa shape index (κ1) is 18.4. The highest BCUT2D eigenvalue weighted by atomic mass is 35.5. The molecule has 0 fully saturated rings. The fraction of sp³-hybridized carbons (Fsp3) is 0.150. The number of esters is 1. The second kappa shape index (κ2) is 9.41. The van der Waals surface area contributed by atoms with E-state index in [-0.39, 0.29) is 6.61 Å². The molecular weight excluding hydrogens is 340 g/mol. The summed E-state index contributed by atoms with van der Waals surface area (Å²) in [4.78, 5) is 11.4. The van der Waals surface area contributed by atoms with E-state index in [0.717, 1.165) is 11.1 Å². The average molecular weight is 357 g/mol. The summed E-state index contributed by atoms with van der Waals surface area (Å²) in [5.74, 6) is 2.90. The molecule has 4 nitrogen and oxygen atoms in total. The molecule has 0 spiro atoms. The first-order chi connectivity index (χ1) is 12.1. The van der Waals surface area contributed by atoms with E-state index < -0.39 is 5.97 Å². The molecule has 0 aliphatic carbocycles. The molecule has 0 radical (unpaired) electrons. The molecular formula is C20H17ClO4. The lowest BCUT2D eigenvalue weighted by Gasteiger charge is -2.11. The molecule has 0 unspecified atom stereocenters. The highest BCUT2D eigenvalue weighted by Gasteiger charge is 2.06. The van der Waals surface area contributed by atoms with Crippen molar-refractivity contribution in [2.75, 3.05) is 13.7 Å². The summed E-state index contributed by atoms with van der Waals surface area (Å²) in [6.07, 6.45) is 7.95. The van der Waals surface area contributed by atoms with E-state index in [4.69, 9.17) is 32.2 Å². The fourth-order valence-corrected chi connectivity index (χ4v) is 2.10. The van der Waals surface area contributed by atoms with Crippen LogP contribution in [0, 0.1) is 12.3 Å². The maximum Gasteiger partial charge on any atom is 0.331 e. The maximum atomic E-state index is 11.4. The van der Waals surface area contributed by atoms with Gasteiger partial charge in [0.15, 0.2) is 18.1 Å². The van der Waals surface area contributed by atoms with Crippen LogP contribution in [-0.4, -0.2) is 19.7 Å². The van der Waals surface area contributed by atoms with Gasteiger partial charge in [-0.2, -0.15) is 0 Å². The van der Waals surface area contributed by atoms with Crippen LogP contribution in [0.2, 0.25) is 5.02 Å². The van der Waals surface area contributed by atoms with Crippen LogP contribution in [0.25, 0.3) is 6.08 Å². The van der Waals surface area contributed by atoms with E-state index in [9.17, 15) is 4.79 Å². The predicted octanol–water partition coefficient (Wildman–Crippen LogP) is 4.12. The fourth-order valence-electron chi connectivity index (χ4n) is 1.97. The average Bonchev–Trinajstić information content (AvgIpc) is 2.64. The van der Waals surface area contributed by atoms with E-state index in [0.29, 0.717) is 23.1 Å². The van der Waals surface area contributed by atoms with Gasteiger partial charge in [-0.3, -0.25) is 0 Å². The zero-order valence-electron chi connectivity index (χ0n) is 13.7. The van der Waals surface area contributed by atoms with Gasteiger partial charge >= 0.3 is 5.97 Å². The summed E-state index contributed by atoms with van der Waals surface area (Å²) in [7, 11) is 1.55. The van der Waals surface area contributed by atoms with Crippen molar-refractivity contribution in [1.29, 1.82) is 0 Å². The molecule has 0 aliphatic rings. The molecule has 0 bridgehead atoms. The van der Waals surface area contributed by atoms with Gasteiger partial charge in [0.1, 0.15) is 6.61 Å². The highest BCUT2D eigenvalue weighted by Crippen LogP contribution is 2.29. The normalized spacial score (nSPS) is 10.3. The molecule has 0 aliphatic heterocycles. The van der Waals surface area contributed by atoms with Gasteiger partial charge in [0.05, 0.1) is 7.11 Å². The third-order valence-electron chi connectivity index (χ3n) is 3.20. The van der Waals surface area contributed by atoms with Gasteiger partial charge in [-0.15, -0.1) is 6.42 Å². The van der Waals surface area contributed by atoms with Crippen LogP contribution >= 0.6 is 11.6 Å². The molecule has 2 aromatic carbocycles. The largest absolute Gasteiger partial charge is 0.493 e. The zero-order chi connectivity index (χ0) is 18.1. The van der Waals surface area contributed by atoms with Crippen LogP contribution in [0.1, 0.15) is 11.1 Å². The lowest BCUT2D eigenvalue weighted by Crippen LogP contribution is -2.00. The van der Waals surface area contributed by atoms with Crippen molar-refractivity contribution < 1.29 is 19.0 Å². The molecule has 0 N–H and O–H groups in total. The van der Waals surface area contributed by atoms with E-state index in [1.54, 1.807) is 25.3 Å². The molecule has 2 aromatic rings. The molecule has 0 amide bonds. The van der Waals surface area contributed by atoms with Gasteiger partial charge in [-0.25, -0.2) is 4.79 Å². The Labute approximate surface area is 152 Å². The molecule has 0 atom stereocenters. The van der Waals surface area contributed by atoms with Gasteiger partial charge in [-0.1, -0.05) is 35.7 Å². The molecule has 128 valence electrons. The SMILES string of the molecule is C#CCOC(=O)/C=C/c1ccc(OCc2ccc(Cl)cc2)c(OC)c1. The maximum absolute atomic E-state index is 11.4. The summed E-state index contributed by atoms with van der Waals surface area (Å²) in [5, 5.41) is 0.679. The molecule has 0 saturated carbocycles. The number of halogens is 1. The topological polar surface area (TPSA) is 44.8 Å². The Balaban J connectivity index is 2.03. The number of carbonyl (C=O) groups is 1. The lowest BCUT2D eigenvalue weighted by molar-refractivity contribution is -0.136. The molecule has 2 rings (SSSR count). The molecule has 0 aromatic heterocycles. The Morgan fingerprint density at radius 1 is 1.20 bits per heavy atom. The Hall–Kier alpha value is -2.90. The number of carbonyl (C=O) groups excluding carboxylic acids is 1. The van der Waals surface area contributed by atoms with Crippen molar-refractivity contribution >= 4 is 23.6 Å². The Bertz CT molecular complexity index is 788. The summed E-state index contributed by atoms with van der Waals surface area (Å²) >= 11 is 5.86. The summed E-state index contributed by atoms with van der Waals surface area (Å²) in [6, 6.07) is 12.8. The van der Waals surface area contributed by atoms with Crippen molar-refractivity contribution in [2.24, 2.45) is 0 Å². The summed E-state index contributed by atoms with van der Waals surface area (Å²) in [6.45, 7) is 0.338. The Morgan fingerprint density at radius 2 is 1.96 bits per heavy atom. The lowest BCUT2D eigenvalue weighted by atomic mass is 10.2. The first-order valence-corrected chi connectivity index (χ1v) is 7.83. The van der Waals surface area contributed by atoms with Crippen LogP contribution in [-0.2, 0) is 16.1 Å². The van der Waals surface area contributed by atoms with Gasteiger partial charge in [0.2, 0.25) is 0 Å². The summed E-state index contributed by atoms with van der Waals surface area (Å²) < 4.78 is 15.9. The molecule has 0 heterocycles. The van der Waals surface area contributed by atoms with E-state index in [2.05, 4.69) is 5.92 Å². The van der Waals surface area contributed by atoms with Gasteiger partial charge in [0, 0.05) is 11.1 Å². The van der Waals surface area contributed by atoms with Crippen molar-refractivity contribution in [3.63, 3.8) is 0 Å². The Morgan fingerprint density at radius 3 is 2.64 bits per heavy atom. The minimum absolute atomic E-state index is 0.0516. The van der Waals surface area contributed by atoms with Gasteiger partial charge in [0.25, 0.3) is 0 Å². The van der Waals surface area contributed by atoms with Gasteiger partial charge < -0.3 is 14.2 Å². The monoisotopic (exact) mass is 356 g/mol. The van der Waals surface area contributed by atoms with Crippen molar-refractivity contribution in [1.82, 2.24) is 0 Å². The number of methoxy groups -OCH3 is 1. The van der Waals surface area contributed by atoms with Gasteiger partial charge in [-0.05, 0) is 41.5 Å². The number of hydrogen-bond acceptors (Lipinski definition) is 4. The molecule has 0 saturated heterocycles. The third kappa shape index (κ3) is 5.91. The highest BCUT2D eigenvalue weighted by molar-refractivity contribution is 6.30. The standard InChI is InChI=1S/C20H17ClO4/c1-3-12-24-20(22)11-7-15-6-10-18(19(13-15)23-2)25-14-16-4-8-17(21)9-5-16/h1,4-11,13H,12,14H2,2H3/b11-7+. The second-order valence-corrected chi connectivity index (χ2v) is 5.41. The Kier molecular flexibility index (Phi) is 6.94. The van der Waals surface area contributed by atoms with Crippen molar-refractivity contribution in [2.45, 2.75) is 6.61 Å². The number of hydrogen-bond donors (Lipinski definition) is 0. The van der Waals surface area contributed by atoms with Crippen LogP contribution in [0.4, 0.5) is 0 Å². The first-order valence-electron chi connectivity index (χ1n) is 7.46. The second-order valence-electron chi connectivity index (χ2n) is 4.97. The predicted molar refractivity (Wildman–Crippen MR) is 97.6 cm³/mol. The summed E-state index contributed by atoms with van der Waals surface area (Å²) in [5.41, 5.74) is 1.76. The van der Waals surface area contributed by atoms with E-state index in [1.807, 2.05) is 30.3 Å². The zero-order valence-corrected chi connectivity index (χ0v) is 14.5. The van der Waals surface area contributed by atoms with Crippen LogP contribution < -0.4 is 9.47 Å². The van der Waals surface area contributed by atoms with Crippen LogP contribution in [0.15, 0.2) is 48.5 Å². The van der Waals surface area contributed by atoms with E-state index >= 15 is 0 Å². The number of terminal acetylenes is 1. The van der Waals surface area contributed by atoms with E-state index in [1.165, 1.54) is 6.08 Å². The van der Waals surface area contributed by atoms with Crippen LogP contribution in [0.3, 0.4) is 0 Å². The van der Waals surface area contributed by atoms with Crippen molar-refractivity contribution in [3.8, 4) is 23.8 Å².